The van der Waals surface area contributed by atoms with Crippen LogP contribution in [0.25, 0.3) is 0 Å². The molecule has 0 bridgehead atoms. The van der Waals surface area contributed by atoms with E-state index in [9.17, 15) is 4.79 Å². The van der Waals surface area contributed by atoms with Gasteiger partial charge in [0.05, 0.1) is 13.2 Å². The van der Waals surface area contributed by atoms with Crippen molar-refractivity contribution in [2.24, 2.45) is 0 Å². The molecule has 0 spiro atoms. The van der Waals surface area contributed by atoms with Gasteiger partial charge in [0.25, 0.3) is 5.91 Å². The van der Waals surface area contributed by atoms with E-state index in [4.69, 9.17) is 4.74 Å². The molecule has 4 nitrogen and oxygen atoms in total. The van der Waals surface area contributed by atoms with Crippen molar-refractivity contribution in [3.05, 3.63) is 71.3 Å². The highest BCUT2D eigenvalue weighted by Crippen LogP contribution is 2.10. The zero-order chi connectivity index (χ0) is 18.2. The fourth-order valence-corrected chi connectivity index (χ4v) is 3.19. The van der Waals surface area contributed by atoms with Gasteiger partial charge in [0, 0.05) is 31.2 Å². The summed E-state index contributed by atoms with van der Waals surface area (Å²) >= 11 is 0. The molecule has 1 aliphatic rings. The van der Waals surface area contributed by atoms with Gasteiger partial charge >= 0.3 is 0 Å². The second-order valence-corrected chi connectivity index (χ2v) is 6.98. The molecule has 2 aromatic rings. The predicted octanol–water partition coefficient (Wildman–Crippen LogP) is 3.27. The number of nitrogens with zero attached hydrogens (tertiary/aromatic N) is 1. The maximum atomic E-state index is 12.4. The molecule has 1 atom stereocenters. The topological polar surface area (TPSA) is 41.6 Å². The third-order valence-electron chi connectivity index (χ3n) is 4.81. The van der Waals surface area contributed by atoms with Crippen LogP contribution >= 0.6 is 0 Å². The Morgan fingerprint density at radius 2 is 1.73 bits per heavy atom. The highest BCUT2D eigenvalue weighted by atomic mass is 16.5. The van der Waals surface area contributed by atoms with Gasteiger partial charge in [-0.15, -0.1) is 0 Å². The number of rotatable bonds is 7. The largest absolute Gasteiger partial charge is 0.379 e. The first-order chi connectivity index (χ1) is 12.7. The van der Waals surface area contributed by atoms with Gasteiger partial charge in [-0.25, -0.2) is 0 Å². The number of aryl methyl sites for hydroxylation is 1. The molecule has 1 N–H and O–H groups in total. The molecule has 1 heterocycles. The molecule has 1 saturated heterocycles. The fourth-order valence-electron chi connectivity index (χ4n) is 3.19. The summed E-state index contributed by atoms with van der Waals surface area (Å²) in [6.45, 7) is 6.54. The van der Waals surface area contributed by atoms with Crippen LogP contribution in [0.5, 0.6) is 0 Å². The molecule has 26 heavy (non-hydrogen) atoms. The lowest BCUT2D eigenvalue weighted by Gasteiger charge is -2.26. The Balaban J connectivity index is 1.46. The van der Waals surface area contributed by atoms with Crippen molar-refractivity contribution in [3.8, 4) is 0 Å². The van der Waals surface area contributed by atoms with E-state index in [1.165, 1.54) is 11.1 Å². The van der Waals surface area contributed by atoms with Gasteiger partial charge in [-0.2, -0.15) is 0 Å². The number of morpholine rings is 1. The van der Waals surface area contributed by atoms with Crippen molar-refractivity contribution in [3.63, 3.8) is 0 Å². The van der Waals surface area contributed by atoms with E-state index in [1.807, 2.05) is 18.2 Å². The van der Waals surface area contributed by atoms with E-state index in [2.05, 4.69) is 53.5 Å². The minimum Gasteiger partial charge on any atom is -0.379 e. The Hall–Kier alpha value is -2.17. The Kier molecular flexibility index (Phi) is 6.81. The summed E-state index contributed by atoms with van der Waals surface area (Å²) in [7, 11) is 0. The van der Waals surface area contributed by atoms with Gasteiger partial charge in [0.2, 0.25) is 0 Å². The highest BCUT2D eigenvalue weighted by Gasteiger charge is 2.12. The molecule has 2 aromatic carbocycles. The van der Waals surface area contributed by atoms with E-state index in [0.29, 0.717) is 0 Å². The smallest absolute Gasteiger partial charge is 0.251 e. The van der Waals surface area contributed by atoms with Crippen LogP contribution in [0.15, 0.2) is 54.6 Å². The maximum Gasteiger partial charge on any atom is 0.251 e. The Bertz CT molecular complexity index is 679. The second-order valence-electron chi connectivity index (χ2n) is 6.98. The minimum absolute atomic E-state index is 0.00323. The molecule has 1 aliphatic heterocycles. The van der Waals surface area contributed by atoms with Crippen molar-refractivity contribution in [2.75, 3.05) is 26.3 Å². The van der Waals surface area contributed by atoms with Crippen LogP contribution < -0.4 is 5.32 Å². The van der Waals surface area contributed by atoms with Gasteiger partial charge < -0.3 is 10.1 Å². The van der Waals surface area contributed by atoms with Gasteiger partial charge in [0.1, 0.15) is 0 Å². The summed E-state index contributed by atoms with van der Waals surface area (Å²) in [5.41, 5.74) is 3.27. The van der Waals surface area contributed by atoms with E-state index >= 15 is 0 Å². The molecule has 1 fully saturated rings. The molecule has 3 rings (SSSR count). The monoisotopic (exact) mass is 352 g/mol. The lowest BCUT2D eigenvalue weighted by Crippen LogP contribution is -2.35. The molecular formula is C22H28N2O2. The van der Waals surface area contributed by atoms with Gasteiger partial charge in [-0.1, -0.05) is 42.5 Å². The van der Waals surface area contributed by atoms with E-state index in [-0.39, 0.29) is 11.9 Å². The third kappa shape index (κ3) is 5.68. The standard InChI is InChI=1S/C22H28N2O2/c1-18(7-8-19-5-3-2-4-6-19)23-22(25)21-11-9-20(10-12-21)17-24-13-15-26-16-14-24/h2-6,9-12,18H,7-8,13-17H2,1H3,(H,23,25). The first-order valence-electron chi connectivity index (χ1n) is 9.44. The number of ether oxygens (including phenoxy) is 1. The normalized spacial score (nSPS) is 16.2. The summed E-state index contributed by atoms with van der Waals surface area (Å²) in [5, 5.41) is 3.10. The summed E-state index contributed by atoms with van der Waals surface area (Å²) in [6, 6.07) is 18.5. The van der Waals surface area contributed by atoms with Crippen LogP contribution in [0.2, 0.25) is 0 Å². The summed E-state index contributed by atoms with van der Waals surface area (Å²) in [6.07, 6.45) is 1.91. The van der Waals surface area contributed by atoms with Crippen molar-refractivity contribution in [2.45, 2.75) is 32.4 Å². The number of hydrogen-bond acceptors (Lipinski definition) is 3. The van der Waals surface area contributed by atoms with E-state index in [1.54, 1.807) is 0 Å². The molecule has 4 heteroatoms. The van der Waals surface area contributed by atoms with Gasteiger partial charge in [-0.3, -0.25) is 9.69 Å². The lowest BCUT2D eigenvalue weighted by molar-refractivity contribution is 0.0342. The number of carbonyl (C=O) groups is 1. The van der Waals surface area contributed by atoms with E-state index < -0.39 is 0 Å². The first-order valence-corrected chi connectivity index (χ1v) is 9.44. The van der Waals surface area contributed by atoms with Gasteiger partial charge in [-0.05, 0) is 43.0 Å². The fraction of sp³-hybridized carbons (Fsp3) is 0.409. The molecule has 0 radical (unpaired) electrons. The average Bonchev–Trinajstić information content (AvgIpc) is 2.68. The predicted molar refractivity (Wildman–Crippen MR) is 104 cm³/mol. The zero-order valence-electron chi connectivity index (χ0n) is 15.5. The number of nitrogens with one attached hydrogen (secondary N) is 1. The second kappa shape index (κ2) is 9.51. The molecule has 0 saturated carbocycles. The molecule has 1 amide bonds. The molecule has 138 valence electrons. The number of amides is 1. The van der Waals surface area contributed by atoms with Crippen molar-refractivity contribution >= 4 is 5.91 Å². The molecule has 1 unspecified atom stereocenters. The summed E-state index contributed by atoms with van der Waals surface area (Å²) in [4.78, 5) is 14.8. The summed E-state index contributed by atoms with van der Waals surface area (Å²) in [5.74, 6) is 0.00323. The molecular weight excluding hydrogens is 324 g/mol. The Morgan fingerprint density at radius 3 is 2.42 bits per heavy atom. The van der Waals surface area contributed by atoms with Gasteiger partial charge in [0.15, 0.2) is 0 Å². The number of carbonyl (C=O) groups excluding carboxylic acids is 1. The molecule has 0 aliphatic carbocycles. The summed E-state index contributed by atoms with van der Waals surface area (Å²) < 4.78 is 5.38. The highest BCUT2D eigenvalue weighted by molar-refractivity contribution is 5.94. The SMILES string of the molecule is CC(CCc1ccccc1)NC(=O)c1ccc(CN2CCOCC2)cc1. The minimum atomic E-state index is 0.00323. The quantitative estimate of drug-likeness (QED) is 0.831. The number of benzene rings is 2. The molecule has 0 aromatic heterocycles. The number of hydrogen-bond donors (Lipinski definition) is 1. The van der Waals surface area contributed by atoms with Crippen LogP contribution in [-0.2, 0) is 17.7 Å². The van der Waals surface area contributed by atoms with Crippen molar-refractivity contribution in [1.29, 1.82) is 0 Å². The van der Waals surface area contributed by atoms with Crippen LogP contribution in [0.1, 0.15) is 34.8 Å². The van der Waals surface area contributed by atoms with Crippen LogP contribution in [-0.4, -0.2) is 43.2 Å². The Morgan fingerprint density at radius 1 is 1.04 bits per heavy atom. The lowest BCUT2D eigenvalue weighted by atomic mass is 10.1. The third-order valence-corrected chi connectivity index (χ3v) is 4.81. The average molecular weight is 352 g/mol. The van der Waals surface area contributed by atoms with Crippen LogP contribution in [0, 0.1) is 0 Å². The van der Waals surface area contributed by atoms with Crippen LogP contribution in [0.4, 0.5) is 0 Å². The van der Waals surface area contributed by atoms with E-state index in [0.717, 1.165) is 51.3 Å². The van der Waals surface area contributed by atoms with Crippen LogP contribution in [0.3, 0.4) is 0 Å². The zero-order valence-corrected chi connectivity index (χ0v) is 15.5. The first kappa shape index (κ1) is 18.6. The Labute approximate surface area is 156 Å². The maximum absolute atomic E-state index is 12.4. The van der Waals surface area contributed by atoms with Crippen molar-refractivity contribution < 1.29 is 9.53 Å². The van der Waals surface area contributed by atoms with Crippen molar-refractivity contribution in [1.82, 2.24) is 10.2 Å².